The third-order valence-corrected chi connectivity index (χ3v) is 4.91. The molecule has 1 amide bonds. The maximum Gasteiger partial charge on any atom is 0.439 e. The van der Waals surface area contributed by atoms with Crippen LogP contribution in [-0.2, 0) is 11.3 Å². The van der Waals surface area contributed by atoms with Crippen LogP contribution in [-0.4, -0.2) is 43.4 Å². The smallest absolute Gasteiger partial charge is 0.362 e. The third-order valence-electron chi connectivity index (χ3n) is 4.91. The van der Waals surface area contributed by atoms with Gasteiger partial charge in [0.25, 0.3) is 5.72 Å². The second-order valence-electron chi connectivity index (χ2n) is 6.72. The minimum Gasteiger partial charge on any atom is -0.362 e. The van der Waals surface area contributed by atoms with E-state index < -0.39 is 23.7 Å². The van der Waals surface area contributed by atoms with Gasteiger partial charge in [-0.15, -0.1) is 0 Å². The summed E-state index contributed by atoms with van der Waals surface area (Å²) in [6, 6.07) is 1.82. The number of aryl methyl sites for hydroxylation is 3. The minimum absolute atomic E-state index is 0.137. The first-order valence-electron chi connectivity index (χ1n) is 8.35. The summed E-state index contributed by atoms with van der Waals surface area (Å²) in [4.78, 5) is 12.5. The van der Waals surface area contributed by atoms with Crippen LogP contribution >= 0.6 is 0 Å². The standard InChI is InChI=1S/C16H21F3N4O2/c1-10-9-11(2)22(20-10)8-7-14(24)23-15(25,16(17,18)19)12-5-3-4-6-13(12)21-23/h9,12,25H,3-8H2,1-2H3/t12-,15-/m1/s1. The number of amides is 1. The van der Waals surface area contributed by atoms with Crippen molar-refractivity contribution in [2.24, 2.45) is 11.0 Å². The van der Waals surface area contributed by atoms with E-state index in [0.29, 0.717) is 12.8 Å². The third kappa shape index (κ3) is 2.94. The Morgan fingerprint density at radius 2 is 2.12 bits per heavy atom. The van der Waals surface area contributed by atoms with Crippen molar-refractivity contribution in [2.45, 2.75) is 64.4 Å². The minimum atomic E-state index is -4.96. The van der Waals surface area contributed by atoms with E-state index in [1.807, 2.05) is 6.07 Å². The summed E-state index contributed by atoms with van der Waals surface area (Å²) in [6.07, 6.45) is -3.33. The van der Waals surface area contributed by atoms with E-state index in [9.17, 15) is 23.1 Å². The molecule has 0 bridgehead atoms. The van der Waals surface area contributed by atoms with Gasteiger partial charge >= 0.3 is 6.18 Å². The van der Waals surface area contributed by atoms with Crippen molar-refractivity contribution in [1.82, 2.24) is 14.8 Å². The molecule has 0 aromatic carbocycles. The molecule has 0 radical (unpaired) electrons. The molecule has 2 heterocycles. The second-order valence-corrected chi connectivity index (χ2v) is 6.72. The average molecular weight is 358 g/mol. The SMILES string of the molecule is Cc1cc(C)n(CCC(=O)N2N=C3CCCC[C@H]3[C@@]2(O)C(F)(F)F)n1. The zero-order chi connectivity index (χ0) is 18.4. The Labute approximate surface area is 143 Å². The molecule has 1 aliphatic heterocycles. The number of hydrogen-bond donors (Lipinski definition) is 1. The molecule has 1 aromatic heterocycles. The Hall–Kier alpha value is -1.90. The van der Waals surface area contributed by atoms with E-state index >= 15 is 0 Å². The number of hydrazone groups is 1. The molecular formula is C16H21F3N4O2. The summed E-state index contributed by atoms with van der Waals surface area (Å²) in [7, 11) is 0. The number of carbonyl (C=O) groups excluding carboxylic acids is 1. The van der Waals surface area contributed by atoms with Crippen molar-refractivity contribution in [3.05, 3.63) is 17.5 Å². The molecule has 0 saturated heterocycles. The molecule has 1 aromatic rings. The number of carbonyl (C=O) groups is 1. The fourth-order valence-electron chi connectivity index (χ4n) is 3.67. The van der Waals surface area contributed by atoms with E-state index in [-0.39, 0.29) is 30.1 Å². The lowest BCUT2D eigenvalue weighted by molar-refractivity contribution is -0.317. The van der Waals surface area contributed by atoms with E-state index in [0.717, 1.165) is 17.8 Å². The molecule has 2 aliphatic rings. The van der Waals surface area contributed by atoms with E-state index in [4.69, 9.17) is 0 Å². The number of rotatable bonds is 3. The van der Waals surface area contributed by atoms with E-state index in [1.54, 1.807) is 18.5 Å². The van der Waals surface area contributed by atoms with Crippen molar-refractivity contribution in [2.75, 3.05) is 0 Å². The first-order valence-corrected chi connectivity index (χ1v) is 8.35. The van der Waals surface area contributed by atoms with Crippen LogP contribution in [0.1, 0.15) is 43.5 Å². The number of alkyl halides is 3. The van der Waals surface area contributed by atoms with Crippen LogP contribution in [0.25, 0.3) is 0 Å². The summed E-state index contributed by atoms with van der Waals surface area (Å²) in [6.45, 7) is 3.74. The first kappa shape index (κ1) is 17.9. The molecule has 25 heavy (non-hydrogen) atoms. The molecule has 9 heteroatoms. The Bertz CT molecular complexity index is 713. The van der Waals surface area contributed by atoms with Gasteiger partial charge in [0.05, 0.1) is 18.2 Å². The van der Waals surface area contributed by atoms with E-state index in [2.05, 4.69) is 10.2 Å². The predicted molar refractivity (Wildman–Crippen MR) is 83.6 cm³/mol. The summed E-state index contributed by atoms with van der Waals surface area (Å²) in [5.41, 5.74) is -1.39. The molecule has 1 fully saturated rings. The highest BCUT2D eigenvalue weighted by atomic mass is 19.4. The zero-order valence-corrected chi connectivity index (χ0v) is 14.2. The Kier molecular flexibility index (Phi) is 4.38. The molecule has 138 valence electrons. The van der Waals surface area contributed by atoms with Crippen LogP contribution in [0, 0.1) is 19.8 Å². The van der Waals surface area contributed by atoms with Crippen molar-refractivity contribution in [1.29, 1.82) is 0 Å². The highest BCUT2D eigenvalue weighted by Gasteiger charge is 2.68. The number of halogens is 3. The number of fused-ring (bicyclic) bond motifs is 1. The lowest BCUT2D eigenvalue weighted by Gasteiger charge is -2.38. The van der Waals surface area contributed by atoms with Crippen LogP contribution in [0.3, 0.4) is 0 Å². The molecule has 6 nitrogen and oxygen atoms in total. The van der Waals surface area contributed by atoms with Crippen LogP contribution in [0.2, 0.25) is 0 Å². The van der Waals surface area contributed by atoms with Crippen LogP contribution < -0.4 is 0 Å². The monoisotopic (exact) mass is 358 g/mol. The number of aromatic nitrogens is 2. The molecule has 2 atom stereocenters. The average Bonchev–Trinajstić information content (AvgIpc) is 3.02. The Balaban J connectivity index is 1.82. The first-order chi connectivity index (χ1) is 11.6. The second kappa shape index (κ2) is 6.12. The molecule has 3 rings (SSSR count). The molecule has 1 N–H and O–H groups in total. The highest BCUT2D eigenvalue weighted by Crippen LogP contribution is 2.48. The van der Waals surface area contributed by atoms with Gasteiger partial charge in [-0.3, -0.25) is 9.48 Å². The summed E-state index contributed by atoms with van der Waals surface area (Å²) in [5, 5.41) is 18.8. The van der Waals surface area contributed by atoms with E-state index in [1.165, 1.54) is 0 Å². The van der Waals surface area contributed by atoms with Gasteiger partial charge in [-0.25, -0.2) is 0 Å². The van der Waals surface area contributed by atoms with Gasteiger partial charge < -0.3 is 5.11 Å². The van der Waals surface area contributed by atoms with Gasteiger partial charge in [0.2, 0.25) is 5.91 Å². The van der Waals surface area contributed by atoms with Crippen molar-refractivity contribution in [3.63, 3.8) is 0 Å². The highest BCUT2D eigenvalue weighted by molar-refractivity contribution is 5.93. The molecule has 0 unspecified atom stereocenters. The summed E-state index contributed by atoms with van der Waals surface area (Å²) < 4.78 is 42.4. The van der Waals surface area contributed by atoms with Gasteiger partial charge in [0.1, 0.15) is 0 Å². The fraction of sp³-hybridized carbons (Fsp3) is 0.688. The zero-order valence-electron chi connectivity index (χ0n) is 14.2. The predicted octanol–water partition coefficient (Wildman–Crippen LogP) is 2.53. The quantitative estimate of drug-likeness (QED) is 0.903. The number of nitrogens with zero attached hydrogens (tertiary/aromatic N) is 4. The lowest BCUT2D eigenvalue weighted by Crippen LogP contribution is -2.61. The van der Waals surface area contributed by atoms with Gasteiger partial charge in [-0.2, -0.15) is 28.4 Å². The molecular weight excluding hydrogens is 337 g/mol. The summed E-state index contributed by atoms with van der Waals surface area (Å²) in [5.74, 6) is -2.02. The topological polar surface area (TPSA) is 70.7 Å². The Morgan fingerprint density at radius 1 is 1.40 bits per heavy atom. The lowest BCUT2D eigenvalue weighted by atomic mass is 9.80. The van der Waals surface area contributed by atoms with Crippen LogP contribution in [0.15, 0.2) is 11.2 Å². The molecule has 1 saturated carbocycles. The van der Waals surface area contributed by atoms with Gasteiger partial charge in [-0.1, -0.05) is 6.42 Å². The number of hydrogen-bond acceptors (Lipinski definition) is 4. The van der Waals surface area contributed by atoms with Crippen molar-refractivity contribution in [3.8, 4) is 0 Å². The van der Waals surface area contributed by atoms with Crippen LogP contribution in [0.5, 0.6) is 0 Å². The molecule has 0 spiro atoms. The summed E-state index contributed by atoms with van der Waals surface area (Å²) >= 11 is 0. The van der Waals surface area contributed by atoms with Gasteiger partial charge in [0.15, 0.2) is 0 Å². The van der Waals surface area contributed by atoms with Crippen molar-refractivity contribution < 1.29 is 23.1 Å². The Morgan fingerprint density at radius 3 is 2.72 bits per heavy atom. The largest absolute Gasteiger partial charge is 0.439 e. The fourth-order valence-corrected chi connectivity index (χ4v) is 3.67. The maximum atomic E-state index is 13.6. The van der Waals surface area contributed by atoms with Crippen molar-refractivity contribution >= 4 is 11.6 Å². The normalized spacial score (nSPS) is 26.6. The number of aliphatic hydroxyl groups is 1. The van der Waals surface area contributed by atoms with Crippen LogP contribution in [0.4, 0.5) is 13.2 Å². The molecule has 1 aliphatic carbocycles. The van der Waals surface area contributed by atoms with Gasteiger partial charge in [0, 0.05) is 17.8 Å². The maximum absolute atomic E-state index is 13.6. The van der Waals surface area contributed by atoms with Gasteiger partial charge in [-0.05, 0) is 39.2 Å².